The van der Waals surface area contributed by atoms with Crippen LogP contribution in [-0.2, 0) is 188 Å². The number of aliphatic carboxylic acids is 2. The molecule has 0 aromatic heterocycles. The predicted molar refractivity (Wildman–Crippen MR) is 346 cm³/mol. The number of amides is 4. The van der Waals surface area contributed by atoms with Gasteiger partial charge in [-0.05, 0) is 25.7 Å². The molecule has 7 aliphatic heterocycles. The number of methoxy groups -OCH3 is 6. The standard InChI is InChI=1S/C53H88N4O50S8/c1-21-23(17-84-113(69,70)71)87-48(30(31(21)78-2)56-28(59)15-9-8-12-16-54-27(58)14-11-10-13-26-29-22(20-108-26)55-53(64)57-29)92-36-34(79-3)42(81-5)50(94-40(36)46(60)61)91-33-25(19-86-115(75,76)77)89-52(45(99-112-107-103-68)39(33)97-110-105-101-66)93-37-35(80-4)43(82-6)51(95-41(37)47(62)63)90-32-24(18-85-114(72,73)74)88-49(83-7)44(98-111-106-102-67)38(32)96-109-104-100-65/h21-26,29-45,48-52,65-68H,8-20H2,1-7H3,(H,54,58)(H,56,59)(H,60,61)(H,62,63)(H2,55,57,64)(H,69,70,71)(H,72,73,74)(H,75,76,77)/p-9/t21-,22?,23?,24?,25?,26?,29?,30?,31+,32-,33-,34+,35?,36+,37+,38+,39?,40?,41-,42?,43?,44?,45?,48+,49+,50-,51+,52-/m1/s1. The first kappa shape index (κ1) is 99.4. The molecule has 28 atom stereocenters. The summed E-state index contributed by atoms with van der Waals surface area (Å²) in [7, 11) is -11.1. The van der Waals surface area contributed by atoms with Crippen molar-refractivity contribution in [3.8, 4) is 0 Å². The quantitative estimate of drug-likeness (QED) is 0.00835. The van der Waals surface area contributed by atoms with E-state index >= 15 is 0 Å². The normalized spacial score (nSPS) is 35.2. The first-order valence-electron chi connectivity index (χ1n) is 33.5. The van der Waals surface area contributed by atoms with Crippen molar-refractivity contribution in [3.05, 3.63) is 0 Å². The summed E-state index contributed by atoms with van der Waals surface area (Å²) in [5.74, 6) is -5.51. The van der Waals surface area contributed by atoms with Gasteiger partial charge in [-0.15, -0.1) is 17.3 Å². The third-order valence-electron chi connectivity index (χ3n) is 18.2. The summed E-state index contributed by atoms with van der Waals surface area (Å²) in [6, 6.07) is -1.58. The van der Waals surface area contributed by atoms with Crippen LogP contribution in [-0.4, -0.2) is 308 Å². The van der Waals surface area contributed by atoms with Gasteiger partial charge in [0.25, 0.3) is 0 Å². The number of rotatable bonds is 53. The van der Waals surface area contributed by atoms with Crippen molar-refractivity contribution in [1.82, 2.24) is 21.3 Å². The Balaban J connectivity index is 1.15. The molecule has 0 bridgehead atoms. The third-order valence-corrected chi connectivity index (χ3v) is 22.7. The van der Waals surface area contributed by atoms with E-state index in [0.717, 1.165) is 54.1 Å². The fraction of sp³-hybridized carbons (Fsp3) is 0.906. The number of thioether (sulfide) groups is 1. The Labute approximate surface area is 675 Å². The average molecular weight is 1830 g/mol. The van der Waals surface area contributed by atoms with Crippen molar-refractivity contribution in [2.45, 2.75) is 223 Å². The number of ether oxygens (including phenoxy) is 15. The van der Waals surface area contributed by atoms with Crippen molar-refractivity contribution >= 4 is 122 Å². The molecule has 0 aromatic carbocycles. The van der Waals surface area contributed by atoms with E-state index in [-0.39, 0.29) is 79.7 Å². The van der Waals surface area contributed by atoms with Crippen LogP contribution in [0.1, 0.15) is 58.3 Å². The molecule has 115 heavy (non-hydrogen) atoms. The van der Waals surface area contributed by atoms with Gasteiger partial charge in [-0.25, -0.2) is 30.0 Å². The van der Waals surface area contributed by atoms with Crippen molar-refractivity contribution in [2.75, 3.05) is 74.8 Å². The first-order valence-corrected chi connectivity index (χ1v) is 41.2. The molecule has 4 amide bonds. The maximum Gasteiger partial charge on any atom is 0.315 e. The minimum Gasteiger partial charge on any atom is -0.726 e. The van der Waals surface area contributed by atoms with Crippen molar-refractivity contribution in [2.24, 2.45) is 5.92 Å². The lowest BCUT2D eigenvalue weighted by Gasteiger charge is -2.52. The second kappa shape index (κ2) is 48.9. The molecule has 14 unspecified atom stereocenters. The molecular weight excluding hydrogens is 1750 g/mol. The summed E-state index contributed by atoms with van der Waals surface area (Å²) in [5, 5.41) is 96.3. The zero-order valence-electron chi connectivity index (χ0n) is 60.5. The summed E-state index contributed by atoms with van der Waals surface area (Å²) in [5.41, 5.74) is 0. The smallest absolute Gasteiger partial charge is 0.315 e. The van der Waals surface area contributed by atoms with E-state index in [4.69, 9.17) is 87.8 Å². The Morgan fingerprint density at radius 1 is 0.470 bits per heavy atom. The molecule has 62 heteroatoms. The number of carbonyl (C=O) groups is 5. The van der Waals surface area contributed by atoms with Gasteiger partial charge in [0.05, 0.1) is 56.1 Å². The van der Waals surface area contributed by atoms with Gasteiger partial charge in [0.1, 0.15) is 91.5 Å². The highest BCUT2D eigenvalue weighted by atomic mass is 32.3. The average Bonchev–Trinajstić information content (AvgIpc) is 1.42. The summed E-state index contributed by atoms with van der Waals surface area (Å²) in [4.78, 5) is 65.4. The fourth-order valence-corrected chi connectivity index (χ4v) is 17.2. The van der Waals surface area contributed by atoms with Crippen LogP contribution in [0.4, 0.5) is 4.79 Å². The van der Waals surface area contributed by atoms with Crippen LogP contribution in [0.5, 0.6) is 0 Å². The fourth-order valence-electron chi connectivity index (χ4n) is 13.3. The Bertz CT molecular complexity index is 3330. The van der Waals surface area contributed by atoms with Gasteiger partial charge in [0.15, 0.2) is 93.0 Å². The summed E-state index contributed by atoms with van der Waals surface area (Å²) in [6.07, 6.45) is -45.1. The molecule has 7 heterocycles. The van der Waals surface area contributed by atoms with Crippen LogP contribution in [0.3, 0.4) is 0 Å². The third kappa shape index (κ3) is 29.5. The second-order valence-electron chi connectivity index (χ2n) is 24.9. The summed E-state index contributed by atoms with van der Waals surface area (Å²) in [6.45, 7) is -2.18. The molecular formula is C53H79N4O50S8-9. The minimum atomic E-state index is -5.88. The number of carboxylic acid groups (broad SMARTS) is 2. The van der Waals surface area contributed by atoms with Crippen LogP contribution in [0, 0.1) is 5.92 Å². The van der Waals surface area contributed by atoms with Crippen LogP contribution in [0.25, 0.3) is 0 Å². The number of hydrogen-bond donors (Lipinski definition) is 4. The largest absolute Gasteiger partial charge is 0.726 e. The zero-order valence-corrected chi connectivity index (χ0v) is 67.1. The van der Waals surface area contributed by atoms with Gasteiger partial charge in [0.2, 0.25) is 43.0 Å². The molecule has 4 N–H and O–H groups in total. The van der Waals surface area contributed by atoms with Crippen molar-refractivity contribution in [1.29, 1.82) is 0 Å². The predicted octanol–water partition coefficient (Wildman–Crippen LogP) is -9.99. The summed E-state index contributed by atoms with van der Waals surface area (Å²) >= 11 is 0.442. The molecule has 0 aromatic rings. The lowest BCUT2D eigenvalue weighted by molar-refractivity contribution is -0.778. The van der Waals surface area contributed by atoms with Gasteiger partial charge in [-0.3, -0.25) is 59.0 Å². The molecule has 0 saturated carbocycles. The van der Waals surface area contributed by atoms with E-state index in [9.17, 15) is 94.1 Å². The van der Waals surface area contributed by atoms with E-state index in [1.165, 1.54) is 14.0 Å². The molecule has 668 valence electrons. The topological polar surface area (TPSA) is 720 Å². The van der Waals surface area contributed by atoms with E-state index in [2.05, 4.69) is 71.3 Å². The Morgan fingerprint density at radius 3 is 1.33 bits per heavy atom. The lowest BCUT2D eigenvalue weighted by Crippen LogP contribution is -2.70. The maximum atomic E-state index is 13.9. The molecule has 54 nitrogen and oxygen atoms in total. The van der Waals surface area contributed by atoms with Crippen LogP contribution >= 0.6 is 61.1 Å². The molecule has 7 saturated heterocycles. The highest BCUT2D eigenvalue weighted by molar-refractivity contribution is 8.00. The van der Waals surface area contributed by atoms with Gasteiger partial charge in [-0.1, -0.05) is 19.8 Å². The Hall–Kier alpha value is -2.73. The summed E-state index contributed by atoms with van der Waals surface area (Å²) < 4.78 is 249. The lowest BCUT2D eigenvalue weighted by atomic mass is 9.88. The minimum absolute atomic E-state index is 0.0351. The van der Waals surface area contributed by atoms with Gasteiger partial charge < -0.3 is 147 Å². The van der Waals surface area contributed by atoms with Crippen LogP contribution in [0.15, 0.2) is 0 Å². The van der Waals surface area contributed by atoms with Crippen molar-refractivity contribution < 1.29 is 232 Å². The SMILES string of the molecule is COC1C(OC)[C@H](O[C@H]2OC(COS(=O)(=O)[O-])[C@@H](O[C@@H]3OC(C(=O)[O-])[C@@H](O[C@@H]4OC(COS(=O)(=O)[O-])[C@@H](C)[C@H](OC)C4NC(=O)CCCCCNC(=O)CCCCC4SCC5NC(=O)NC54)[C@H](OC)C3OC)C(OSOO[O-])C2OSOO[O-])[C@H](C(=O)[O-])O[C@@H]1O[C@@H]1C(COS(=O)(=O)[O-])O[C@H](OC)C(OSOO[O-])[C@H]1OSOO[O-]. The Kier molecular flexibility index (Phi) is 42.3. The molecule has 7 fully saturated rings. The molecule has 0 aliphatic carbocycles. The van der Waals surface area contributed by atoms with Gasteiger partial charge >= 0.3 is 6.03 Å². The molecule has 7 rings (SSSR count). The first-order chi connectivity index (χ1) is 54.8. The number of unbranched alkanes of at least 4 members (excludes halogenated alkanes) is 3. The second-order valence-corrected chi connectivity index (χ2v) is 31.2. The van der Waals surface area contributed by atoms with E-state index in [0.29, 0.717) is 19.3 Å². The van der Waals surface area contributed by atoms with Crippen LogP contribution in [0.2, 0.25) is 0 Å². The zero-order chi connectivity index (χ0) is 84.3. The monoisotopic (exact) mass is 1830 g/mol. The number of fused-ring (bicyclic) bond motifs is 1. The molecule has 0 spiro atoms. The van der Waals surface area contributed by atoms with Gasteiger partial charge in [0, 0.05) is 79.0 Å². The molecule has 7 aliphatic rings. The highest BCUT2D eigenvalue weighted by Crippen LogP contribution is 2.43. The number of carbonyl (C=O) groups excluding carboxylic acids is 5. The number of urea groups is 1. The van der Waals surface area contributed by atoms with Crippen molar-refractivity contribution in [3.63, 3.8) is 0 Å². The Morgan fingerprint density at radius 2 is 0.878 bits per heavy atom. The van der Waals surface area contributed by atoms with Crippen LogP contribution < -0.4 is 52.5 Å². The van der Waals surface area contributed by atoms with E-state index in [1.807, 2.05) is 0 Å². The number of nitrogens with one attached hydrogen (secondary N) is 4. The highest BCUT2D eigenvalue weighted by Gasteiger charge is 2.61. The van der Waals surface area contributed by atoms with Gasteiger partial charge in [-0.2, -0.15) is 11.8 Å². The maximum absolute atomic E-state index is 13.9. The molecule has 0 radical (unpaired) electrons. The number of hydrogen-bond acceptors (Lipinski definition) is 55. The van der Waals surface area contributed by atoms with E-state index in [1.54, 1.807) is 11.8 Å². The van der Waals surface area contributed by atoms with E-state index < -0.39 is 247 Å². The number of carboxylic acids is 2.